The molecule has 1 unspecified atom stereocenters. The minimum Gasteiger partial charge on any atom is -0.505 e. The van der Waals surface area contributed by atoms with Crippen LogP contribution in [0, 0.1) is 17.2 Å². The highest BCUT2D eigenvalue weighted by Crippen LogP contribution is 2.31. The van der Waals surface area contributed by atoms with Gasteiger partial charge in [0.1, 0.15) is 5.76 Å². The summed E-state index contributed by atoms with van der Waals surface area (Å²) in [6.07, 6.45) is 3.50. The number of nitrogens with one attached hydrogen (secondary N) is 1. The van der Waals surface area contributed by atoms with Gasteiger partial charge in [-0.25, -0.2) is 0 Å². The summed E-state index contributed by atoms with van der Waals surface area (Å²) >= 11 is 0. The van der Waals surface area contributed by atoms with Crippen LogP contribution < -0.4 is 5.32 Å². The maximum Gasteiger partial charge on any atom is 0.233 e. The lowest BCUT2D eigenvalue weighted by Crippen LogP contribution is -2.30. The Balaban J connectivity index is 2.35. The number of hydrogen-bond acceptors (Lipinski definition) is 5. The summed E-state index contributed by atoms with van der Waals surface area (Å²) in [5.74, 6) is -1.66. The summed E-state index contributed by atoms with van der Waals surface area (Å²) in [4.78, 5) is 24.9. The number of aliphatic hydroxyl groups excluding tert-OH is 1. The highest BCUT2D eigenvalue weighted by Gasteiger charge is 2.35. The zero-order valence-corrected chi connectivity index (χ0v) is 16.1. The maximum absolute atomic E-state index is 12.5. The van der Waals surface area contributed by atoms with Crippen LogP contribution in [0.4, 0.5) is 5.69 Å². The van der Waals surface area contributed by atoms with Crippen molar-refractivity contribution in [1.29, 1.82) is 5.26 Å². The molecule has 0 spiro atoms. The number of rotatable bonds is 6. The summed E-state index contributed by atoms with van der Waals surface area (Å²) in [5.41, 5.74) is 2.90. The van der Waals surface area contributed by atoms with Gasteiger partial charge in [-0.15, -0.1) is 0 Å². The van der Waals surface area contributed by atoms with E-state index in [-0.39, 0.29) is 28.5 Å². The van der Waals surface area contributed by atoms with E-state index in [1.807, 2.05) is 26.8 Å². The van der Waals surface area contributed by atoms with Crippen LogP contribution in [0.5, 0.6) is 0 Å². The number of carbonyl (C=O) groups is 2. The van der Waals surface area contributed by atoms with Crippen molar-refractivity contribution in [2.75, 3.05) is 5.32 Å². The van der Waals surface area contributed by atoms with E-state index < -0.39 is 11.6 Å². The quantitative estimate of drug-likeness (QED) is 0.438. The van der Waals surface area contributed by atoms with E-state index >= 15 is 0 Å². The average molecular weight is 364 g/mol. The second-order valence-corrected chi connectivity index (χ2v) is 6.99. The number of nitrogens with zero attached hydrogens (tertiary/aromatic N) is 1. The summed E-state index contributed by atoms with van der Waals surface area (Å²) in [6.45, 7) is 7.37. The Morgan fingerprint density at radius 3 is 2.41 bits per heavy atom. The van der Waals surface area contributed by atoms with E-state index in [2.05, 4.69) is 11.4 Å². The van der Waals surface area contributed by atoms with Gasteiger partial charge in [0, 0.05) is 11.3 Å². The summed E-state index contributed by atoms with van der Waals surface area (Å²) in [7, 11) is 0. The molecule has 1 aromatic carbocycles. The predicted molar refractivity (Wildman–Crippen MR) is 105 cm³/mol. The SMILES string of the molecule is CC(C)=CCCC(C)C1=C(O)C(Nc2ccc(C#N)cc2)=C(C)C(=O)C1=O. The molecule has 1 aliphatic rings. The molecule has 0 fully saturated rings. The predicted octanol–water partition coefficient (Wildman–Crippen LogP) is 4.59. The molecule has 0 amide bonds. The third-order valence-electron chi connectivity index (χ3n) is 4.59. The van der Waals surface area contributed by atoms with Crippen LogP contribution >= 0.6 is 0 Å². The summed E-state index contributed by atoms with van der Waals surface area (Å²) in [5, 5.41) is 22.7. The Labute approximate surface area is 159 Å². The minimum atomic E-state index is -0.639. The molecule has 1 aromatic rings. The highest BCUT2D eigenvalue weighted by molar-refractivity contribution is 6.50. The molecule has 5 heteroatoms. The molecule has 0 aliphatic heterocycles. The first kappa shape index (κ1) is 20.2. The Morgan fingerprint density at radius 2 is 1.85 bits per heavy atom. The molecule has 0 heterocycles. The van der Waals surface area contributed by atoms with Crippen LogP contribution in [-0.2, 0) is 9.59 Å². The second-order valence-electron chi connectivity index (χ2n) is 6.99. The van der Waals surface area contributed by atoms with Gasteiger partial charge >= 0.3 is 0 Å². The van der Waals surface area contributed by atoms with Crippen LogP contribution in [0.15, 0.2) is 58.5 Å². The molecular formula is C22H24N2O3. The first-order valence-electron chi connectivity index (χ1n) is 8.90. The van der Waals surface area contributed by atoms with Crippen LogP contribution in [0.2, 0.25) is 0 Å². The van der Waals surface area contributed by atoms with E-state index in [1.54, 1.807) is 24.3 Å². The standard InChI is InChI=1S/C22H24N2O3/c1-13(2)6-5-7-14(3)18-21(26)19(15(4)20(25)22(18)27)24-17-10-8-16(12-23)9-11-17/h6,8-11,14,24,26H,5,7H2,1-4H3. The molecular weight excluding hydrogens is 340 g/mol. The lowest BCUT2D eigenvalue weighted by atomic mass is 9.83. The number of allylic oxidation sites excluding steroid dienone is 4. The molecule has 27 heavy (non-hydrogen) atoms. The number of carbonyl (C=O) groups excluding carboxylic acids is 2. The summed E-state index contributed by atoms with van der Waals surface area (Å²) in [6, 6.07) is 8.68. The number of aliphatic hydroxyl groups is 1. The molecule has 0 bridgehead atoms. The van der Waals surface area contributed by atoms with E-state index in [4.69, 9.17) is 5.26 Å². The number of nitriles is 1. The first-order valence-corrected chi connectivity index (χ1v) is 8.90. The van der Waals surface area contributed by atoms with Crippen molar-refractivity contribution in [1.82, 2.24) is 0 Å². The van der Waals surface area contributed by atoms with Crippen molar-refractivity contribution >= 4 is 17.3 Å². The van der Waals surface area contributed by atoms with Gasteiger partial charge in [0.15, 0.2) is 0 Å². The molecule has 0 aromatic heterocycles. The third kappa shape index (κ3) is 4.53. The topological polar surface area (TPSA) is 90.2 Å². The Bertz CT molecular complexity index is 892. The molecule has 1 atom stereocenters. The van der Waals surface area contributed by atoms with Crippen molar-refractivity contribution in [3.63, 3.8) is 0 Å². The number of Topliss-reactive ketones (excluding diaryl/α,β-unsaturated/α-hetero) is 2. The Morgan fingerprint density at radius 1 is 1.22 bits per heavy atom. The van der Waals surface area contributed by atoms with Crippen molar-refractivity contribution in [2.45, 2.75) is 40.5 Å². The van der Waals surface area contributed by atoms with Crippen molar-refractivity contribution < 1.29 is 14.7 Å². The molecule has 2 rings (SSSR count). The number of benzene rings is 1. The molecule has 0 radical (unpaired) electrons. The fourth-order valence-corrected chi connectivity index (χ4v) is 2.97. The van der Waals surface area contributed by atoms with Crippen LogP contribution in [-0.4, -0.2) is 16.7 Å². The fourth-order valence-electron chi connectivity index (χ4n) is 2.97. The molecule has 5 nitrogen and oxygen atoms in total. The largest absolute Gasteiger partial charge is 0.505 e. The normalized spacial score (nSPS) is 15.5. The average Bonchev–Trinajstić information content (AvgIpc) is 2.64. The fraction of sp³-hybridized carbons (Fsp3) is 0.318. The Hall–Kier alpha value is -3.13. The van der Waals surface area contributed by atoms with Crippen LogP contribution in [0.3, 0.4) is 0 Å². The van der Waals surface area contributed by atoms with Gasteiger partial charge < -0.3 is 10.4 Å². The molecule has 140 valence electrons. The molecule has 1 aliphatic carbocycles. The minimum absolute atomic E-state index is 0.156. The Kier molecular flexibility index (Phi) is 6.36. The zero-order valence-electron chi connectivity index (χ0n) is 16.1. The van der Waals surface area contributed by atoms with Gasteiger partial charge in [-0.1, -0.05) is 18.6 Å². The monoisotopic (exact) mass is 364 g/mol. The lowest BCUT2D eigenvalue weighted by molar-refractivity contribution is -0.132. The second kappa shape index (κ2) is 8.50. The smallest absolute Gasteiger partial charge is 0.233 e. The van der Waals surface area contributed by atoms with E-state index in [1.165, 1.54) is 12.5 Å². The molecule has 0 saturated carbocycles. The molecule has 2 N–H and O–H groups in total. The van der Waals surface area contributed by atoms with Crippen molar-refractivity contribution in [3.8, 4) is 6.07 Å². The number of anilines is 1. The van der Waals surface area contributed by atoms with E-state index in [0.717, 1.165) is 6.42 Å². The van der Waals surface area contributed by atoms with Gasteiger partial charge in [0.25, 0.3) is 0 Å². The van der Waals surface area contributed by atoms with Crippen molar-refractivity contribution in [3.05, 3.63) is 64.1 Å². The highest BCUT2D eigenvalue weighted by atomic mass is 16.3. The zero-order chi connectivity index (χ0) is 20.1. The number of ketones is 2. The van der Waals surface area contributed by atoms with Gasteiger partial charge in [-0.05, 0) is 63.8 Å². The maximum atomic E-state index is 12.5. The van der Waals surface area contributed by atoms with Gasteiger partial charge in [-0.2, -0.15) is 5.26 Å². The number of hydrogen-bond donors (Lipinski definition) is 2. The summed E-state index contributed by atoms with van der Waals surface area (Å²) < 4.78 is 0. The van der Waals surface area contributed by atoms with Crippen molar-refractivity contribution in [2.24, 2.45) is 5.92 Å². The molecule has 0 saturated heterocycles. The van der Waals surface area contributed by atoms with Crippen LogP contribution in [0.1, 0.15) is 46.1 Å². The first-order chi connectivity index (χ1) is 12.8. The lowest BCUT2D eigenvalue weighted by Gasteiger charge is -2.24. The van der Waals surface area contributed by atoms with Gasteiger partial charge in [0.05, 0.1) is 22.9 Å². The van der Waals surface area contributed by atoms with Gasteiger partial charge in [0.2, 0.25) is 11.6 Å². The van der Waals surface area contributed by atoms with Gasteiger partial charge in [-0.3, -0.25) is 9.59 Å². The van der Waals surface area contributed by atoms with Crippen LogP contribution in [0.25, 0.3) is 0 Å². The van der Waals surface area contributed by atoms with E-state index in [0.29, 0.717) is 17.7 Å². The van der Waals surface area contributed by atoms with E-state index in [9.17, 15) is 14.7 Å². The third-order valence-corrected chi connectivity index (χ3v) is 4.59.